The number of nitrogens with zero attached hydrogens (tertiary/aromatic N) is 2. The molecule has 7 heteroatoms. The maximum atomic E-state index is 13.4. The number of ether oxygens (including phenoxy) is 1. The number of morpholine rings is 1. The fourth-order valence-electron chi connectivity index (χ4n) is 4.56. The molecule has 2 aliphatic rings. The number of piperidine rings is 1. The van der Waals surface area contributed by atoms with E-state index in [1.807, 2.05) is 48.5 Å². The minimum Gasteiger partial charge on any atom is -0.481 e. The van der Waals surface area contributed by atoms with Crippen molar-refractivity contribution in [3.05, 3.63) is 65.7 Å². The number of rotatable bonds is 5. The van der Waals surface area contributed by atoms with Crippen LogP contribution in [0, 0.1) is 5.41 Å². The third kappa shape index (κ3) is 4.29. The second kappa shape index (κ2) is 9.08. The number of aliphatic hydroxyl groups excluding tert-OH is 1. The highest BCUT2D eigenvalue weighted by atomic mass is 16.5. The first-order valence-corrected chi connectivity index (χ1v) is 10.7. The van der Waals surface area contributed by atoms with Gasteiger partial charge in [-0.3, -0.25) is 9.59 Å². The first-order valence-electron chi connectivity index (χ1n) is 10.7. The fourth-order valence-corrected chi connectivity index (χ4v) is 4.56. The van der Waals surface area contributed by atoms with Crippen molar-refractivity contribution >= 4 is 17.6 Å². The summed E-state index contributed by atoms with van der Waals surface area (Å²) in [5.41, 5.74) is 0.982. The van der Waals surface area contributed by atoms with Crippen LogP contribution in [0.2, 0.25) is 0 Å². The van der Waals surface area contributed by atoms with Crippen LogP contribution < -0.4 is 4.90 Å². The number of carbonyl (C=O) groups excluding carboxylic acids is 1. The maximum Gasteiger partial charge on any atom is 0.312 e. The van der Waals surface area contributed by atoms with Crippen LogP contribution in [0.1, 0.15) is 22.3 Å². The zero-order valence-corrected chi connectivity index (χ0v) is 17.4. The molecule has 4 rings (SSSR count). The molecule has 1 amide bonds. The Morgan fingerprint density at radius 1 is 1.00 bits per heavy atom. The fraction of sp³-hybridized carbons (Fsp3) is 0.417. The molecule has 2 atom stereocenters. The van der Waals surface area contributed by atoms with Gasteiger partial charge in [-0.2, -0.15) is 0 Å². The van der Waals surface area contributed by atoms with Gasteiger partial charge in [0.2, 0.25) is 0 Å². The number of carboxylic acid groups (broad SMARTS) is 1. The molecule has 0 aromatic heterocycles. The van der Waals surface area contributed by atoms with Crippen molar-refractivity contribution in [3.8, 4) is 0 Å². The summed E-state index contributed by atoms with van der Waals surface area (Å²) in [4.78, 5) is 29.3. The Labute approximate surface area is 181 Å². The molecule has 0 bridgehead atoms. The molecule has 164 valence electrons. The molecule has 0 spiro atoms. The monoisotopic (exact) mass is 424 g/mol. The summed E-state index contributed by atoms with van der Waals surface area (Å²) >= 11 is 0. The van der Waals surface area contributed by atoms with Gasteiger partial charge in [-0.05, 0) is 30.5 Å². The maximum absolute atomic E-state index is 13.4. The Bertz CT molecular complexity index is 929. The SMILES string of the molecule is O=C(c1ccccc1N1CCOCC1)N1CC[C@](Cc2ccccc2)(C(=O)O)[C@H](O)C1. The first-order chi connectivity index (χ1) is 15.0. The number of benzene rings is 2. The summed E-state index contributed by atoms with van der Waals surface area (Å²) in [6, 6.07) is 16.8. The lowest BCUT2D eigenvalue weighted by Gasteiger charge is -2.43. The van der Waals surface area contributed by atoms with E-state index in [0.29, 0.717) is 31.9 Å². The van der Waals surface area contributed by atoms with E-state index in [9.17, 15) is 19.8 Å². The number of likely N-dealkylation sites (tertiary alicyclic amines) is 1. The Kier molecular flexibility index (Phi) is 6.25. The van der Waals surface area contributed by atoms with Gasteiger partial charge in [0.15, 0.2) is 0 Å². The van der Waals surface area contributed by atoms with Gasteiger partial charge in [-0.15, -0.1) is 0 Å². The van der Waals surface area contributed by atoms with Gasteiger partial charge in [0.05, 0.1) is 24.9 Å². The summed E-state index contributed by atoms with van der Waals surface area (Å²) in [6.07, 6.45) is -0.723. The highest BCUT2D eigenvalue weighted by Gasteiger charge is 2.49. The topological polar surface area (TPSA) is 90.3 Å². The lowest BCUT2D eigenvalue weighted by Crippen LogP contribution is -2.57. The second-order valence-corrected chi connectivity index (χ2v) is 8.26. The summed E-state index contributed by atoms with van der Waals surface area (Å²) in [5, 5.41) is 20.9. The quantitative estimate of drug-likeness (QED) is 0.764. The third-order valence-electron chi connectivity index (χ3n) is 6.42. The predicted molar refractivity (Wildman–Crippen MR) is 116 cm³/mol. The largest absolute Gasteiger partial charge is 0.481 e. The summed E-state index contributed by atoms with van der Waals surface area (Å²) in [7, 11) is 0. The van der Waals surface area contributed by atoms with Crippen LogP contribution in [0.5, 0.6) is 0 Å². The molecule has 2 N–H and O–H groups in total. The normalized spacial score (nSPS) is 24.1. The first kappa shape index (κ1) is 21.3. The van der Waals surface area contributed by atoms with Crippen molar-refractivity contribution in [3.63, 3.8) is 0 Å². The number of carbonyl (C=O) groups is 2. The standard InChI is InChI=1S/C24H28N2O5/c27-21-17-26(11-10-24(21,23(29)30)16-18-6-2-1-3-7-18)22(28)19-8-4-5-9-20(19)25-12-14-31-15-13-25/h1-9,21,27H,10-17H2,(H,29,30)/t21-,24-/m1/s1. The van der Waals surface area contributed by atoms with Gasteiger partial charge in [-0.25, -0.2) is 0 Å². The predicted octanol–water partition coefficient (Wildman–Crippen LogP) is 2.04. The summed E-state index contributed by atoms with van der Waals surface area (Å²) in [5.74, 6) is -1.20. The number of aliphatic carboxylic acids is 1. The number of amides is 1. The number of anilines is 1. The van der Waals surface area contributed by atoms with Crippen LogP contribution in [-0.4, -0.2) is 72.5 Å². The number of carboxylic acids is 1. The highest BCUT2D eigenvalue weighted by Crippen LogP contribution is 2.37. The van der Waals surface area contributed by atoms with Gasteiger partial charge in [-0.1, -0.05) is 42.5 Å². The smallest absolute Gasteiger partial charge is 0.312 e. The van der Waals surface area contributed by atoms with Crippen LogP contribution in [-0.2, 0) is 16.0 Å². The van der Waals surface area contributed by atoms with Crippen molar-refractivity contribution in [2.24, 2.45) is 5.41 Å². The Balaban J connectivity index is 1.53. The van der Waals surface area contributed by atoms with Crippen LogP contribution in [0.4, 0.5) is 5.69 Å². The molecule has 2 saturated heterocycles. The van der Waals surface area contributed by atoms with Crippen molar-refractivity contribution in [1.82, 2.24) is 4.90 Å². The van der Waals surface area contributed by atoms with Gasteiger partial charge in [0, 0.05) is 31.9 Å². The van der Waals surface area contributed by atoms with Crippen LogP contribution in [0.15, 0.2) is 54.6 Å². The number of hydrogen-bond acceptors (Lipinski definition) is 5. The molecule has 2 heterocycles. The number of hydrogen-bond donors (Lipinski definition) is 2. The van der Waals surface area contributed by atoms with Gasteiger partial charge in [0.1, 0.15) is 5.41 Å². The highest BCUT2D eigenvalue weighted by molar-refractivity contribution is 6.00. The Hall–Kier alpha value is -2.90. The average molecular weight is 424 g/mol. The molecular formula is C24H28N2O5. The molecule has 2 aliphatic heterocycles. The Morgan fingerprint density at radius 3 is 2.35 bits per heavy atom. The zero-order valence-electron chi connectivity index (χ0n) is 17.4. The van der Waals surface area contributed by atoms with E-state index in [1.54, 1.807) is 11.0 Å². The lowest BCUT2D eigenvalue weighted by molar-refractivity contribution is -0.161. The van der Waals surface area contributed by atoms with E-state index in [-0.39, 0.29) is 31.8 Å². The van der Waals surface area contributed by atoms with Gasteiger partial charge >= 0.3 is 5.97 Å². The summed E-state index contributed by atoms with van der Waals surface area (Å²) < 4.78 is 5.42. The molecular weight excluding hydrogens is 396 g/mol. The van der Waals surface area contributed by atoms with Crippen LogP contribution >= 0.6 is 0 Å². The molecule has 31 heavy (non-hydrogen) atoms. The second-order valence-electron chi connectivity index (χ2n) is 8.26. The minimum atomic E-state index is -1.30. The van der Waals surface area contributed by atoms with Crippen LogP contribution in [0.25, 0.3) is 0 Å². The molecule has 0 unspecified atom stereocenters. The van der Waals surface area contributed by atoms with Crippen molar-refractivity contribution in [1.29, 1.82) is 0 Å². The summed E-state index contributed by atoms with van der Waals surface area (Å²) in [6.45, 7) is 2.94. The lowest BCUT2D eigenvalue weighted by atomic mass is 9.71. The van der Waals surface area contributed by atoms with E-state index < -0.39 is 17.5 Å². The third-order valence-corrected chi connectivity index (χ3v) is 6.42. The van der Waals surface area contributed by atoms with Gasteiger partial charge in [0.25, 0.3) is 5.91 Å². The number of para-hydroxylation sites is 1. The van der Waals surface area contributed by atoms with E-state index in [2.05, 4.69) is 4.90 Å². The number of β-amino-alcohol motifs (C(OH)–C–C–N with tert-alkyl or cyclic N) is 1. The molecule has 2 fully saturated rings. The average Bonchev–Trinajstić information content (AvgIpc) is 2.81. The van der Waals surface area contributed by atoms with Gasteiger partial charge < -0.3 is 24.7 Å². The molecule has 2 aromatic rings. The van der Waals surface area contributed by atoms with Crippen LogP contribution in [0.3, 0.4) is 0 Å². The van der Waals surface area contributed by atoms with Crippen molar-refractivity contribution < 1.29 is 24.5 Å². The van der Waals surface area contributed by atoms with E-state index in [4.69, 9.17) is 4.74 Å². The molecule has 0 saturated carbocycles. The zero-order chi connectivity index (χ0) is 21.8. The minimum absolute atomic E-state index is 0.00455. The van der Waals surface area contributed by atoms with E-state index >= 15 is 0 Å². The van der Waals surface area contributed by atoms with Crippen molar-refractivity contribution in [2.45, 2.75) is 18.9 Å². The molecule has 2 aromatic carbocycles. The van der Waals surface area contributed by atoms with Crippen molar-refractivity contribution in [2.75, 3.05) is 44.3 Å². The van der Waals surface area contributed by atoms with E-state index in [0.717, 1.165) is 11.3 Å². The molecule has 0 radical (unpaired) electrons. The molecule has 7 nitrogen and oxygen atoms in total. The van der Waals surface area contributed by atoms with E-state index in [1.165, 1.54) is 0 Å². The molecule has 0 aliphatic carbocycles. The number of aliphatic hydroxyl groups is 1. The Morgan fingerprint density at radius 2 is 1.68 bits per heavy atom.